The van der Waals surface area contributed by atoms with E-state index in [1.54, 1.807) is 6.34 Å². The fourth-order valence-corrected chi connectivity index (χ4v) is 6.89. The largest absolute Gasteiger partial charge is 0.350 e. The van der Waals surface area contributed by atoms with E-state index in [4.69, 9.17) is 0 Å². The minimum atomic E-state index is -0.0870. The van der Waals surface area contributed by atoms with E-state index in [1.807, 2.05) is 0 Å². The van der Waals surface area contributed by atoms with Crippen molar-refractivity contribution in [2.75, 3.05) is 6.67 Å². The highest BCUT2D eigenvalue weighted by Crippen LogP contribution is 2.54. The van der Waals surface area contributed by atoms with Gasteiger partial charge in [-0.05, 0) is 71.8 Å². The number of hydrogen-bond donors (Lipinski definition) is 1. The van der Waals surface area contributed by atoms with Crippen LogP contribution in [0.25, 0.3) is 54.6 Å². The summed E-state index contributed by atoms with van der Waals surface area (Å²) in [5, 5.41) is 10.9. The molecule has 0 aromatic heterocycles. The Kier molecular flexibility index (Phi) is 4.63. The summed E-state index contributed by atoms with van der Waals surface area (Å²) in [6.07, 6.45) is 1.66. The molecule has 39 heavy (non-hydrogen) atoms. The highest BCUT2D eigenvalue weighted by Gasteiger charge is 2.37. The Hall–Kier alpha value is -4.76. The van der Waals surface area contributed by atoms with Crippen molar-refractivity contribution in [3.8, 4) is 22.3 Å². The highest BCUT2D eigenvalue weighted by molar-refractivity contribution is 6.28. The lowest BCUT2D eigenvalue weighted by Crippen LogP contribution is -2.28. The topological polar surface area (TPSA) is 36.8 Å². The van der Waals surface area contributed by atoms with Crippen LogP contribution in [0, 0.1) is 0 Å². The van der Waals surface area contributed by atoms with Crippen LogP contribution in [0.4, 0.5) is 0 Å². The summed E-state index contributed by atoms with van der Waals surface area (Å²) in [5.74, 6) is 0.874. The van der Waals surface area contributed by atoms with E-state index in [9.17, 15) is 0 Å². The fourth-order valence-electron chi connectivity index (χ4n) is 6.89. The quantitative estimate of drug-likeness (QED) is 0.237. The molecule has 2 aliphatic rings. The molecule has 3 nitrogen and oxygen atoms in total. The van der Waals surface area contributed by atoms with Crippen molar-refractivity contribution in [2.45, 2.75) is 19.3 Å². The monoisotopic (exact) mass is 501 g/mol. The van der Waals surface area contributed by atoms with Gasteiger partial charge in [-0.15, -0.1) is 0 Å². The van der Waals surface area contributed by atoms with Crippen molar-refractivity contribution in [1.29, 1.82) is 0 Å². The third-order valence-electron chi connectivity index (χ3n) is 8.63. The molecule has 0 fully saturated rings. The summed E-state index contributed by atoms with van der Waals surface area (Å²) in [7, 11) is 0. The Bertz CT molecular complexity index is 1990. The van der Waals surface area contributed by atoms with Gasteiger partial charge in [-0.25, -0.2) is 4.99 Å². The molecule has 1 aliphatic carbocycles. The summed E-state index contributed by atoms with van der Waals surface area (Å²) in [6, 6.07) is 37.9. The highest BCUT2D eigenvalue weighted by atomic mass is 15.1. The smallest absolute Gasteiger partial charge is 0.137 e. The number of aliphatic imine (C=N–C) groups is 2. The maximum absolute atomic E-state index is 4.66. The molecule has 0 saturated heterocycles. The summed E-state index contributed by atoms with van der Waals surface area (Å²) in [4.78, 5) is 8.91. The van der Waals surface area contributed by atoms with Crippen molar-refractivity contribution < 1.29 is 0 Å². The van der Waals surface area contributed by atoms with Crippen molar-refractivity contribution in [1.82, 2.24) is 5.32 Å². The number of benzene rings is 6. The molecular weight excluding hydrogens is 474 g/mol. The van der Waals surface area contributed by atoms with Crippen molar-refractivity contribution in [3.63, 3.8) is 0 Å². The second-order valence-electron chi connectivity index (χ2n) is 11.0. The average Bonchev–Trinajstić information content (AvgIpc) is 3.22. The van der Waals surface area contributed by atoms with Crippen molar-refractivity contribution in [3.05, 3.63) is 120 Å². The van der Waals surface area contributed by atoms with Crippen LogP contribution < -0.4 is 5.32 Å². The second kappa shape index (κ2) is 8.12. The first kappa shape index (κ1) is 22.2. The zero-order valence-electron chi connectivity index (χ0n) is 22.0. The number of nitrogens with zero attached hydrogens (tertiary/aromatic N) is 2. The molecule has 0 amide bonds. The molecule has 3 heteroatoms. The first-order valence-electron chi connectivity index (χ1n) is 13.5. The first-order chi connectivity index (χ1) is 19.1. The Balaban J connectivity index is 1.55. The van der Waals surface area contributed by atoms with Gasteiger partial charge in [-0.2, -0.15) is 0 Å². The molecule has 1 heterocycles. The molecule has 0 spiro atoms. The van der Waals surface area contributed by atoms with E-state index in [0.717, 1.165) is 11.4 Å². The van der Waals surface area contributed by atoms with Crippen molar-refractivity contribution in [2.24, 2.45) is 9.98 Å². The third-order valence-corrected chi connectivity index (χ3v) is 8.63. The van der Waals surface area contributed by atoms with Crippen LogP contribution in [0.5, 0.6) is 0 Å². The van der Waals surface area contributed by atoms with E-state index in [1.165, 1.54) is 65.7 Å². The molecule has 6 aromatic carbocycles. The molecule has 0 unspecified atom stereocenters. The Morgan fingerprint density at radius 1 is 0.564 bits per heavy atom. The lowest BCUT2D eigenvalue weighted by Gasteiger charge is -2.24. The van der Waals surface area contributed by atoms with Crippen LogP contribution >= 0.6 is 0 Å². The maximum atomic E-state index is 4.66. The van der Waals surface area contributed by atoms with Gasteiger partial charge in [0.1, 0.15) is 18.8 Å². The third kappa shape index (κ3) is 3.04. The van der Waals surface area contributed by atoms with Crippen LogP contribution in [0.3, 0.4) is 0 Å². The van der Waals surface area contributed by atoms with Gasteiger partial charge in [0.05, 0.1) is 0 Å². The SMILES string of the molecule is CC1(C)c2ccccc2-c2c1cc(-c1c3ccccc3c(C3=NC=NCN3)c3ccccc13)c1ccccc21. The van der Waals surface area contributed by atoms with Crippen LogP contribution in [-0.4, -0.2) is 18.8 Å². The molecule has 1 aliphatic heterocycles. The summed E-state index contributed by atoms with van der Waals surface area (Å²) in [5.41, 5.74) is 9.13. The lowest BCUT2D eigenvalue weighted by atomic mass is 9.79. The second-order valence-corrected chi connectivity index (χ2v) is 11.0. The molecule has 0 atom stereocenters. The molecule has 8 rings (SSSR count). The van der Waals surface area contributed by atoms with E-state index < -0.39 is 0 Å². The van der Waals surface area contributed by atoms with Gasteiger partial charge in [0.25, 0.3) is 0 Å². The van der Waals surface area contributed by atoms with E-state index >= 15 is 0 Å². The minimum Gasteiger partial charge on any atom is -0.350 e. The molecule has 0 radical (unpaired) electrons. The van der Waals surface area contributed by atoms with E-state index in [0.29, 0.717) is 6.67 Å². The number of nitrogens with one attached hydrogen (secondary N) is 1. The zero-order chi connectivity index (χ0) is 26.1. The molecule has 0 bridgehead atoms. The predicted octanol–water partition coefficient (Wildman–Crippen LogP) is 8.46. The molecule has 0 saturated carbocycles. The van der Waals surface area contributed by atoms with Crippen LogP contribution in [0.15, 0.2) is 113 Å². The van der Waals surface area contributed by atoms with Gasteiger partial charge in [-0.3, -0.25) is 4.99 Å². The minimum absolute atomic E-state index is 0.0870. The lowest BCUT2D eigenvalue weighted by molar-refractivity contribution is 0.661. The molecule has 186 valence electrons. The summed E-state index contributed by atoms with van der Waals surface area (Å²) in [6.45, 7) is 5.27. The zero-order valence-corrected chi connectivity index (χ0v) is 22.0. The van der Waals surface area contributed by atoms with E-state index in [2.05, 4.69) is 132 Å². The van der Waals surface area contributed by atoms with Crippen LogP contribution in [-0.2, 0) is 5.41 Å². The predicted molar refractivity (Wildman–Crippen MR) is 165 cm³/mol. The number of amidine groups is 1. The molecule has 1 N–H and O–H groups in total. The van der Waals surface area contributed by atoms with E-state index in [-0.39, 0.29) is 5.41 Å². The standard InChI is InChI=1S/C36H27N3/c1-36(2)30-18-10-9-17-28(30)33-23-12-4-3-11-22(23)29(19-31(33)36)32-24-13-5-7-15-26(24)34(35-38-20-37-21-39-35)27-16-8-6-14-25(27)32/h3-20H,21H2,1-2H3,(H,37,38,39). The first-order valence-corrected chi connectivity index (χ1v) is 13.5. The van der Waals surface area contributed by atoms with Gasteiger partial charge in [0.15, 0.2) is 0 Å². The van der Waals surface area contributed by atoms with Gasteiger partial charge >= 0.3 is 0 Å². The average molecular weight is 502 g/mol. The van der Waals surface area contributed by atoms with Gasteiger partial charge < -0.3 is 5.32 Å². The Labute approximate surface area is 227 Å². The van der Waals surface area contributed by atoms with Gasteiger partial charge in [0.2, 0.25) is 0 Å². The van der Waals surface area contributed by atoms with Crippen LogP contribution in [0.2, 0.25) is 0 Å². The Morgan fingerprint density at radius 2 is 1.10 bits per heavy atom. The maximum Gasteiger partial charge on any atom is 0.137 e. The van der Waals surface area contributed by atoms with Gasteiger partial charge in [0, 0.05) is 11.0 Å². The number of hydrogen-bond acceptors (Lipinski definition) is 3. The summed E-state index contributed by atoms with van der Waals surface area (Å²) >= 11 is 0. The number of rotatable bonds is 2. The normalized spacial score (nSPS) is 15.3. The fraction of sp³-hybridized carbons (Fsp3) is 0.111. The van der Waals surface area contributed by atoms with Crippen LogP contribution in [0.1, 0.15) is 30.5 Å². The Morgan fingerprint density at radius 3 is 1.72 bits per heavy atom. The number of fused-ring (bicyclic) bond motifs is 7. The molecular formula is C36H27N3. The van der Waals surface area contributed by atoms with Gasteiger partial charge in [-0.1, -0.05) is 111 Å². The summed E-state index contributed by atoms with van der Waals surface area (Å²) < 4.78 is 0. The molecule has 6 aromatic rings. The van der Waals surface area contributed by atoms with Crippen molar-refractivity contribution >= 4 is 44.5 Å².